The average molecular weight is 321 g/mol. The first-order valence-corrected chi connectivity index (χ1v) is 9.72. The second-order valence-corrected chi connectivity index (χ2v) is 8.27. The Labute approximate surface area is 119 Å². The highest BCUT2D eigenvalue weighted by atomic mass is 32.2. The maximum Gasteiger partial charge on any atom is 0.209 e. The van der Waals surface area contributed by atoms with E-state index in [1.54, 1.807) is 12.1 Å². The van der Waals surface area contributed by atoms with Gasteiger partial charge < -0.3 is 4.74 Å². The van der Waals surface area contributed by atoms with Gasteiger partial charge in [-0.15, -0.1) is 0 Å². The molecular formula is C12H19NO5S2. The summed E-state index contributed by atoms with van der Waals surface area (Å²) >= 11 is 0. The van der Waals surface area contributed by atoms with E-state index < -0.39 is 19.9 Å². The van der Waals surface area contributed by atoms with Crippen molar-refractivity contribution < 1.29 is 21.6 Å². The first kappa shape index (κ1) is 16.9. The SMILES string of the molecule is CS(=O)(=O)c1ccc(OCCCCCS(N)(=O)=O)cc1. The minimum absolute atomic E-state index is 0.0178. The average Bonchev–Trinajstić information content (AvgIpc) is 2.32. The van der Waals surface area contributed by atoms with Crippen molar-refractivity contribution in [3.05, 3.63) is 24.3 Å². The number of ether oxygens (including phenoxy) is 1. The molecule has 0 atom stereocenters. The molecule has 114 valence electrons. The number of benzene rings is 1. The summed E-state index contributed by atoms with van der Waals surface area (Å²) in [6.07, 6.45) is 3.07. The highest BCUT2D eigenvalue weighted by Gasteiger charge is 2.06. The van der Waals surface area contributed by atoms with Gasteiger partial charge in [0.2, 0.25) is 10.0 Å². The van der Waals surface area contributed by atoms with Crippen molar-refractivity contribution in [3.8, 4) is 5.75 Å². The van der Waals surface area contributed by atoms with E-state index in [0.29, 0.717) is 31.6 Å². The Balaban J connectivity index is 2.29. The molecule has 0 aliphatic heterocycles. The van der Waals surface area contributed by atoms with Crippen LogP contribution >= 0.6 is 0 Å². The first-order valence-electron chi connectivity index (χ1n) is 6.12. The van der Waals surface area contributed by atoms with E-state index in [4.69, 9.17) is 9.88 Å². The third kappa shape index (κ3) is 6.88. The Morgan fingerprint density at radius 2 is 1.60 bits per heavy atom. The van der Waals surface area contributed by atoms with Crippen molar-refractivity contribution in [2.45, 2.75) is 24.2 Å². The fourth-order valence-electron chi connectivity index (χ4n) is 1.56. The first-order chi connectivity index (χ1) is 9.18. The third-order valence-corrected chi connectivity index (χ3v) is 4.58. The highest BCUT2D eigenvalue weighted by Crippen LogP contribution is 2.16. The quantitative estimate of drug-likeness (QED) is 0.717. The van der Waals surface area contributed by atoms with Crippen LogP contribution in [0, 0.1) is 0 Å². The Bertz CT molecular complexity index is 620. The smallest absolute Gasteiger partial charge is 0.209 e. The largest absolute Gasteiger partial charge is 0.494 e. The number of unbranched alkanes of at least 4 members (excludes halogenated alkanes) is 2. The molecule has 1 rings (SSSR count). The van der Waals surface area contributed by atoms with Crippen LogP contribution in [0.3, 0.4) is 0 Å². The van der Waals surface area contributed by atoms with Crippen molar-refractivity contribution in [3.63, 3.8) is 0 Å². The predicted octanol–water partition coefficient (Wildman–Crippen LogP) is 0.928. The fraction of sp³-hybridized carbons (Fsp3) is 0.500. The molecule has 0 unspecified atom stereocenters. The van der Waals surface area contributed by atoms with Gasteiger partial charge in [-0.3, -0.25) is 0 Å². The van der Waals surface area contributed by atoms with Crippen LogP contribution in [0.25, 0.3) is 0 Å². The van der Waals surface area contributed by atoms with Crippen LogP contribution in [0.1, 0.15) is 19.3 Å². The summed E-state index contributed by atoms with van der Waals surface area (Å²) in [6, 6.07) is 6.18. The third-order valence-electron chi connectivity index (χ3n) is 2.59. The molecule has 8 heteroatoms. The normalized spacial score (nSPS) is 12.3. The number of nitrogens with two attached hydrogens (primary N) is 1. The van der Waals surface area contributed by atoms with Crippen molar-refractivity contribution in [2.24, 2.45) is 5.14 Å². The molecule has 0 fully saturated rings. The Morgan fingerprint density at radius 3 is 2.10 bits per heavy atom. The van der Waals surface area contributed by atoms with E-state index in [0.717, 1.165) is 6.26 Å². The van der Waals surface area contributed by atoms with Crippen LogP contribution in [0.2, 0.25) is 0 Å². The van der Waals surface area contributed by atoms with Gasteiger partial charge in [0.15, 0.2) is 9.84 Å². The number of sulfonamides is 1. The minimum Gasteiger partial charge on any atom is -0.494 e. The summed E-state index contributed by atoms with van der Waals surface area (Å²) in [6.45, 7) is 0.447. The topological polar surface area (TPSA) is 104 Å². The van der Waals surface area contributed by atoms with Gasteiger partial charge in [-0.05, 0) is 43.5 Å². The summed E-state index contributed by atoms with van der Waals surface area (Å²) in [4.78, 5) is 0.248. The van der Waals surface area contributed by atoms with Crippen LogP contribution in [-0.2, 0) is 19.9 Å². The molecule has 0 bridgehead atoms. The molecular weight excluding hydrogens is 302 g/mol. The lowest BCUT2D eigenvalue weighted by Crippen LogP contribution is -2.16. The van der Waals surface area contributed by atoms with Crippen molar-refractivity contribution in [2.75, 3.05) is 18.6 Å². The molecule has 0 saturated carbocycles. The Hall–Kier alpha value is -1.12. The summed E-state index contributed by atoms with van der Waals surface area (Å²) in [5.41, 5.74) is 0. The summed E-state index contributed by atoms with van der Waals surface area (Å²) in [7, 11) is -6.57. The second-order valence-electron chi connectivity index (χ2n) is 4.52. The molecule has 0 spiro atoms. The van der Waals surface area contributed by atoms with Crippen LogP contribution in [0.5, 0.6) is 5.75 Å². The van der Waals surface area contributed by atoms with E-state index in [1.165, 1.54) is 12.1 Å². The van der Waals surface area contributed by atoms with Gasteiger partial charge in [0.1, 0.15) is 5.75 Å². The maximum absolute atomic E-state index is 11.3. The minimum atomic E-state index is -3.38. The van der Waals surface area contributed by atoms with E-state index in [1.807, 2.05) is 0 Å². The molecule has 6 nitrogen and oxygen atoms in total. The predicted molar refractivity (Wildman–Crippen MR) is 76.9 cm³/mol. The van der Waals surface area contributed by atoms with Crippen molar-refractivity contribution in [1.29, 1.82) is 0 Å². The highest BCUT2D eigenvalue weighted by molar-refractivity contribution is 7.90. The molecule has 0 radical (unpaired) electrons. The molecule has 0 saturated heterocycles. The zero-order chi connectivity index (χ0) is 15.2. The van der Waals surface area contributed by atoms with Gasteiger partial charge in [-0.2, -0.15) is 0 Å². The Morgan fingerprint density at radius 1 is 1.00 bits per heavy atom. The number of hydrogen-bond acceptors (Lipinski definition) is 5. The van der Waals surface area contributed by atoms with E-state index in [9.17, 15) is 16.8 Å². The number of primary sulfonamides is 1. The summed E-state index contributed by atoms with van der Waals surface area (Å²) < 4.78 is 49.3. The van der Waals surface area contributed by atoms with Gasteiger partial charge in [0.05, 0.1) is 17.3 Å². The van der Waals surface area contributed by atoms with E-state index in [2.05, 4.69) is 0 Å². The fourth-order valence-corrected chi connectivity index (χ4v) is 2.79. The van der Waals surface area contributed by atoms with Crippen molar-refractivity contribution in [1.82, 2.24) is 0 Å². The summed E-state index contributed by atoms with van der Waals surface area (Å²) in [5.74, 6) is 0.569. The summed E-state index contributed by atoms with van der Waals surface area (Å²) in [5, 5.41) is 4.88. The standard InChI is InChI=1S/C12H19NO5S2/c1-19(14,15)12-7-5-11(6-8-12)18-9-3-2-4-10-20(13,16)17/h5-8H,2-4,9-10H2,1H3,(H2,13,16,17). The van der Waals surface area contributed by atoms with Crippen LogP contribution < -0.4 is 9.88 Å². The molecule has 2 N–H and O–H groups in total. The van der Waals surface area contributed by atoms with Gasteiger partial charge in [0, 0.05) is 6.26 Å². The number of rotatable bonds is 8. The zero-order valence-corrected chi connectivity index (χ0v) is 12.9. The number of sulfone groups is 1. The lowest BCUT2D eigenvalue weighted by atomic mass is 10.3. The van der Waals surface area contributed by atoms with Crippen LogP contribution in [-0.4, -0.2) is 35.5 Å². The van der Waals surface area contributed by atoms with E-state index in [-0.39, 0.29) is 10.6 Å². The molecule has 1 aromatic rings. The van der Waals surface area contributed by atoms with Gasteiger partial charge in [0.25, 0.3) is 0 Å². The van der Waals surface area contributed by atoms with Gasteiger partial charge >= 0.3 is 0 Å². The molecule has 1 aromatic carbocycles. The molecule has 0 aliphatic rings. The van der Waals surface area contributed by atoms with Gasteiger partial charge in [-0.1, -0.05) is 0 Å². The zero-order valence-electron chi connectivity index (χ0n) is 11.3. The molecule has 0 aromatic heterocycles. The maximum atomic E-state index is 11.3. The second kappa shape index (κ2) is 7.05. The lowest BCUT2D eigenvalue weighted by molar-refractivity contribution is 0.306. The lowest BCUT2D eigenvalue weighted by Gasteiger charge is -2.06. The molecule has 0 aliphatic carbocycles. The Kier molecular flexibility index (Phi) is 5.97. The molecule has 20 heavy (non-hydrogen) atoms. The monoisotopic (exact) mass is 321 g/mol. The van der Waals surface area contributed by atoms with Crippen molar-refractivity contribution >= 4 is 19.9 Å². The molecule has 0 amide bonds. The van der Waals surface area contributed by atoms with Crippen LogP contribution in [0.4, 0.5) is 0 Å². The van der Waals surface area contributed by atoms with E-state index >= 15 is 0 Å². The number of hydrogen-bond donors (Lipinski definition) is 1. The van der Waals surface area contributed by atoms with Crippen LogP contribution in [0.15, 0.2) is 29.2 Å². The van der Waals surface area contributed by atoms with Gasteiger partial charge in [-0.25, -0.2) is 22.0 Å². The molecule has 0 heterocycles.